The highest BCUT2D eigenvalue weighted by Gasteiger charge is 2.10. The third-order valence-corrected chi connectivity index (χ3v) is 3.14. The standard InChI is InChI=1S/C16H18N4O/c1-10(2)21-16-9-15-14(8-13(16)17)18-20(19-15)12-6-4-11(3)5-7-12/h4-10H,17H2,1-3H3. The fourth-order valence-corrected chi connectivity index (χ4v) is 2.11. The van der Waals surface area contributed by atoms with E-state index in [1.807, 2.05) is 51.1 Å². The number of nitrogens with zero attached hydrogens (tertiary/aromatic N) is 3. The molecule has 0 bridgehead atoms. The summed E-state index contributed by atoms with van der Waals surface area (Å²) >= 11 is 0. The van der Waals surface area contributed by atoms with E-state index in [2.05, 4.69) is 10.2 Å². The Bertz CT molecular complexity index is 775. The van der Waals surface area contributed by atoms with Crippen molar-refractivity contribution in [3.05, 3.63) is 42.0 Å². The van der Waals surface area contributed by atoms with E-state index in [1.54, 1.807) is 10.9 Å². The first kappa shape index (κ1) is 13.4. The molecule has 5 nitrogen and oxygen atoms in total. The van der Waals surface area contributed by atoms with E-state index < -0.39 is 0 Å². The molecule has 108 valence electrons. The van der Waals surface area contributed by atoms with Gasteiger partial charge in [-0.2, -0.15) is 4.80 Å². The maximum atomic E-state index is 6.00. The lowest BCUT2D eigenvalue weighted by molar-refractivity contribution is 0.244. The van der Waals surface area contributed by atoms with E-state index in [0.29, 0.717) is 11.4 Å². The molecule has 21 heavy (non-hydrogen) atoms. The van der Waals surface area contributed by atoms with Crippen LogP contribution in [0.4, 0.5) is 5.69 Å². The van der Waals surface area contributed by atoms with Crippen LogP contribution in [-0.4, -0.2) is 21.1 Å². The average molecular weight is 282 g/mol. The molecule has 0 aliphatic rings. The third kappa shape index (κ3) is 2.67. The molecule has 0 fully saturated rings. The largest absolute Gasteiger partial charge is 0.489 e. The Labute approximate surface area is 123 Å². The lowest BCUT2D eigenvalue weighted by atomic mass is 10.2. The van der Waals surface area contributed by atoms with Gasteiger partial charge >= 0.3 is 0 Å². The summed E-state index contributed by atoms with van der Waals surface area (Å²) in [6, 6.07) is 11.7. The summed E-state index contributed by atoms with van der Waals surface area (Å²) < 4.78 is 5.68. The van der Waals surface area contributed by atoms with Crippen LogP contribution in [0.25, 0.3) is 16.7 Å². The van der Waals surface area contributed by atoms with Crippen LogP contribution in [0.1, 0.15) is 19.4 Å². The molecule has 0 saturated carbocycles. The average Bonchev–Trinajstić information content (AvgIpc) is 2.82. The van der Waals surface area contributed by atoms with Gasteiger partial charge in [-0.25, -0.2) is 0 Å². The van der Waals surface area contributed by atoms with Gasteiger partial charge in [0.05, 0.1) is 17.5 Å². The van der Waals surface area contributed by atoms with Crippen molar-refractivity contribution in [2.24, 2.45) is 0 Å². The number of anilines is 1. The molecule has 1 heterocycles. The van der Waals surface area contributed by atoms with Gasteiger partial charge in [-0.15, -0.1) is 10.2 Å². The fourth-order valence-electron chi connectivity index (χ4n) is 2.11. The molecule has 3 aromatic rings. The normalized spacial score (nSPS) is 11.2. The Morgan fingerprint density at radius 3 is 2.29 bits per heavy atom. The number of nitrogens with two attached hydrogens (primary N) is 1. The third-order valence-electron chi connectivity index (χ3n) is 3.14. The number of aryl methyl sites for hydroxylation is 1. The van der Waals surface area contributed by atoms with Crippen molar-refractivity contribution in [2.75, 3.05) is 5.73 Å². The molecule has 5 heteroatoms. The van der Waals surface area contributed by atoms with Crippen LogP contribution >= 0.6 is 0 Å². The topological polar surface area (TPSA) is 66.0 Å². The minimum Gasteiger partial charge on any atom is -0.489 e. The van der Waals surface area contributed by atoms with Crippen LogP contribution in [0.3, 0.4) is 0 Å². The predicted molar refractivity (Wildman–Crippen MR) is 83.8 cm³/mol. The molecule has 0 aliphatic heterocycles. The number of benzene rings is 2. The van der Waals surface area contributed by atoms with Crippen LogP contribution in [0.15, 0.2) is 36.4 Å². The number of ether oxygens (including phenoxy) is 1. The second-order valence-electron chi connectivity index (χ2n) is 5.37. The highest BCUT2D eigenvalue weighted by molar-refractivity contribution is 5.81. The molecular formula is C16H18N4O. The molecule has 0 atom stereocenters. The van der Waals surface area contributed by atoms with Crippen molar-refractivity contribution in [3.8, 4) is 11.4 Å². The van der Waals surface area contributed by atoms with Gasteiger partial charge in [-0.1, -0.05) is 17.7 Å². The van der Waals surface area contributed by atoms with Gasteiger partial charge in [0, 0.05) is 6.07 Å². The van der Waals surface area contributed by atoms with Gasteiger partial charge in [0.2, 0.25) is 0 Å². The molecule has 0 spiro atoms. The minimum atomic E-state index is 0.0666. The SMILES string of the molecule is Cc1ccc(-n2nc3cc(N)c(OC(C)C)cc3n2)cc1. The van der Waals surface area contributed by atoms with Gasteiger partial charge in [0.1, 0.15) is 16.8 Å². The molecule has 0 aliphatic carbocycles. The van der Waals surface area contributed by atoms with Gasteiger partial charge in [-0.3, -0.25) is 0 Å². The maximum Gasteiger partial charge on any atom is 0.144 e. The van der Waals surface area contributed by atoms with Crippen LogP contribution in [0, 0.1) is 6.92 Å². The molecule has 3 rings (SSSR count). The summed E-state index contributed by atoms with van der Waals surface area (Å²) in [6.07, 6.45) is 0.0666. The number of aromatic nitrogens is 3. The van der Waals surface area contributed by atoms with Crippen molar-refractivity contribution >= 4 is 16.7 Å². The predicted octanol–water partition coefficient (Wildman–Crippen LogP) is 3.10. The maximum absolute atomic E-state index is 6.00. The first-order valence-electron chi connectivity index (χ1n) is 6.93. The molecule has 0 saturated heterocycles. The van der Waals surface area contributed by atoms with E-state index in [-0.39, 0.29) is 6.10 Å². The van der Waals surface area contributed by atoms with Crippen molar-refractivity contribution in [1.82, 2.24) is 15.0 Å². The molecule has 0 unspecified atom stereocenters. The lowest BCUT2D eigenvalue weighted by Crippen LogP contribution is -2.07. The van der Waals surface area contributed by atoms with Crippen molar-refractivity contribution in [3.63, 3.8) is 0 Å². The smallest absolute Gasteiger partial charge is 0.144 e. The Balaban J connectivity index is 2.05. The number of fused-ring (bicyclic) bond motifs is 1. The van der Waals surface area contributed by atoms with Crippen LogP contribution in [-0.2, 0) is 0 Å². The number of hydrogen-bond donors (Lipinski definition) is 1. The summed E-state index contributed by atoms with van der Waals surface area (Å²) in [5, 5.41) is 8.96. The zero-order valence-electron chi connectivity index (χ0n) is 12.4. The zero-order chi connectivity index (χ0) is 15.0. The monoisotopic (exact) mass is 282 g/mol. The van der Waals surface area contributed by atoms with E-state index >= 15 is 0 Å². The highest BCUT2D eigenvalue weighted by atomic mass is 16.5. The summed E-state index contributed by atoms with van der Waals surface area (Å²) in [5.41, 5.74) is 10.2. The van der Waals surface area contributed by atoms with Crippen molar-refractivity contribution < 1.29 is 4.74 Å². The van der Waals surface area contributed by atoms with E-state index in [0.717, 1.165) is 16.7 Å². The zero-order valence-corrected chi connectivity index (χ0v) is 12.4. The molecular weight excluding hydrogens is 264 g/mol. The molecule has 2 N–H and O–H groups in total. The van der Waals surface area contributed by atoms with E-state index in [9.17, 15) is 0 Å². The van der Waals surface area contributed by atoms with Gasteiger partial charge in [0.15, 0.2) is 0 Å². The lowest BCUT2D eigenvalue weighted by Gasteiger charge is -2.11. The Morgan fingerprint density at radius 1 is 1.05 bits per heavy atom. The van der Waals surface area contributed by atoms with Gasteiger partial charge in [0.25, 0.3) is 0 Å². The minimum absolute atomic E-state index is 0.0666. The Kier molecular flexibility index (Phi) is 3.25. The Morgan fingerprint density at radius 2 is 1.67 bits per heavy atom. The van der Waals surface area contributed by atoms with Crippen molar-refractivity contribution in [2.45, 2.75) is 26.9 Å². The summed E-state index contributed by atoms with van der Waals surface area (Å²) in [4.78, 5) is 1.61. The highest BCUT2D eigenvalue weighted by Crippen LogP contribution is 2.27. The summed E-state index contributed by atoms with van der Waals surface area (Å²) in [5.74, 6) is 0.647. The Hall–Kier alpha value is -2.56. The fraction of sp³-hybridized carbons (Fsp3) is 0.250. The van der Waals surface area contributed by atoms with Crippen LogP contribution in [0.2, 0.25) is 0 Å². The number of rotatable bonds is 3. The molecule has 0 amide bonds. The van der Waals surface area contributed by atoms with E-state index in [4.69, 9.17) is 10.5 Å². The van der Waals surface area contributed by atoms with Crippen molar-refractivity contribution in [1.29, 1.82) is 0 Å². The number of nitrogen functional groups attached to an aromatic ring is 1. The summed E-state index contributed by atoms with van der Waals surface area (Å²) in [6.45, 7) is 5.98. The summed E-state index contributed by atoms with van der Waals surface area (Å²) in [7, 11) is 0. The van der Waals surface area contributed by atoms with Crippen LogP contribution < -0.4 is 10.5 Å². The first-order chi connectivity index (χ1) is 10.0. The second kappa shape index (κ2) is 5.09. The second-order valence-corrected chi connectivity index (χ2v) is 5.37. The quantitative estimate of drug-likeness (QED) is 0.750. The number of hydrogen-bond acceptors (Lipinski definition) is 4. The first-order valence-corrected chi connectivity index (χ1v) is 6.93. The molecule has 2 aromatic carbocycles. The van der Waals surface area contributed by atoms with Gasteiger partial charge < -0.3 is 10.5 Å². The van der Waals surface area contributed by atoms with Crippen LogP contribution in [0.5, 0.6) is 5.75 Å². The molecule has 0 radical (unpaired) electrons. The van der Waals surface area contributed by atoms with E-state index in [1.165, 1.54) is 5.56 Å². The molecule has 1 aromatic heterocycles. The van der Waals surface area contributed by atoms with Gasteiger partial charge in [-0.05, 0) is 39.0 Å².